The summed E-state index contributed by atoms with van der Waals surface area (Å²) >= 11 is 0. The highest BCUT2D eigenvalue weighted by molar-refractivity contribution is 5.66. The van der Waals surface area contributed by atoms with Crippen LogP contribution in [0.25, 0.3) is 0 Å². The van der Waals surface area contributed by atoms with Gasteiger partial charge in [-0.1, -0.05) is 12.1 Å². The number of aliphatic carboxylic acids is 1. The van der Waals surface area contributed by atoms with Crippen LogP contribution in [0.3, 0.4) is 0 Å². The molecule has 0 heterocycles. The summed E-state index contributed by atoms with van der Waals surface area (Å²) in [6.07, 6.45) is -10.8. The Hall–Kier alpha value is -2.66. The van der Waals surface area contributed by atoms with Gasteiger partial charge in [0, 0.05) is 18.5 Å². The fourth-order valence-corrected chi connectivity index (χ4v) is 4.70. The summed E-state index contributed by atoms with van der Waals surface area (Å²) in [6.45, 7) is 1.61. The van der Waals surface area contributed by atoms with Crippen molar-refractivity contribution < 1.29 is 45.4 Å². The van der Waals surface area contributed by atoms with Crippen molar-refractivity contribution in [2.24, 2.45) is 0 Å². The van der Waals surface area contributed by atoms with E-state index in [0.717, 1.165) is 0 Å². The molecular formula is C25H26F7NO3. The first-order valence-electron chi connectivity index (χ1n) is 11.3. The Balaban J connectivity index is 1.91. The van der Waals surface area contributed by atoms with Crippen LogP contribution in [-0.2, 0) is 21.9 Å². The molecule has 0 spiro atoms. The molecule has 2 aromatic rings. The molecular weight excluding hydrogens is 495 g/mol. The maximum atomic E-state index is 13.5. The van der Waals surface area contributed by atoms with Gasteiger partial charge in [-0.25, -0.2) is 4.39 Å². The zero-order valence-corrected chi connectivity index (χ0v) is 19.5. The van der Waals surface area contributed by atoms with E-state index in [1.165, 1.54) is 19.1 Å². The molecule has 0 amide bonds. The van der Waals surface area contributed by atoms with Gasteiger partial charge in [0.15, 0.2) is 0 Å². The first-order valence-corrected chi connectivity index (χ1v) is 11.3. The van der Waals surface area contributed by atoms with Crippen LogP contribution in [0.4, 0.5) is 30.7 Å². The number of halogens is 7. The van der Waals surface area contributed by atoms with Crippen LogP contribution in [0.2, 0.25) is 0 Å². The predicted molar refractivity (Wildman–Crippen MR) is 117 cm³/mol. The molecule has 198 valence electrons. The standard InChI is InChI=1S/C25H26F7NO3/c1-14(16-11-17(24(27,28)29)13-18(12-16)25(30,31)32)36-21-8-7-20(33(2)10-9-22(34)35)23(21)15-3-5-19(26)6-4-15/h3-6,11-14,20-21,23H,7-10H2,1-2H3,(H,34,35). The van der Waals surface area contributed by atoms with Crippen molar-refractivity contribution in [3.8, 4) is 0 Å². The van der Waals surface area contributed by atoms with Gasteiger partial charge in [0.1, 0.15) is 5.82 Å². The molecule has 4 atom stereocenters. The topological polar surface area (TPSA) is 49.8 Å². The lowest BCUT2D eigenvalue weighted by molar-refractivity contribution is -0.143. The lowest BCUT2D eigenvalue weighted by Crippen LogP contribution is -2.38. The Bertz CT molecular complexity index is 1020. The first kappa shape index (κ1) is 27.9. The van der Waals surface area contributed by atoms with Crippen molar-refractivity contribution in [1.82, 2.24) is 4.90 Å². The molecule has 1 saturated carbocycles. The van der Waals surface area contributed by atoms with Crippen molar-refractivity contribution in [1.29, 1.82) is 0 Å². The summed E-state index contributed by atoms with van der Waals surface area (Å²) in [6, 6.07) is 6.76. The maximum Gasteiger partial charge on any atom is 0.416 e. The lowest BCUT2D eigenvalue weighted by Gasteiger charge is -2.33. The normalized spacial score (nSPS) is 21.7. The van der Waals surface area contributed by atoms with Gasteiger partial charge in [0.05, 0.1) is 29.8 Å². The van der Waals surface area contributed by atoms with Crippen molar-refractivity contribution in [3.63, 3.8) is 0 Å². The smallest absolute Gasteiger partial charge is 0.416 e. The SMILES string of the molecule is CC(OC1CCC(N(C)CCC(=O)O)C1c1ccc(F)cc1)c1cc(C(F)(F)F)cc(C(F)(F)F)c1. The fraction of sp³-hybridized carbons (Fsp3) is 0.480. The highest BCUT2D eigenvalue weighted by Crippen LogP contribution is 2.43. The van der Waals surface area contributed by atoms with E-state index in [-0.39, 0.29) is 30.6 Å². The van der Waals surface area contributed by atoms with Crippen LogP contribution in [0.15, 0.2) is 42.5 Å². The van der Waals surface area contributed by atoms with E-state index in [2.05, 4.69) is 0 Å². The van der Waals surface area contributed by atoms with E-state index < -0.39 is 53.4 Å². The lowest BCUT2D eigenvalue weighted by atomic mass is 9.91. The molecule has 11 heteroatoms. The number of ether oxygens (including phenoxy) is 1. The van der Waals surface area contributed by atoms with Gasteiger partial charge >= 0.3 is 18.3 Å². The summed E-state index contributed by atoms with van der Waals surface area (Å²) in [5.41, 5.74) is -2.43. The van der Waals surface area contributed by atoms with Gasteiger partial charge in [-0.2, -0.15) is 26.3 Å². The number of hydrogen-bond donors (Lipinski definition) is 1. The zero-order valence-electron chi connectivity index (χ0n) is 19.5. The number of benzene rings is 2. The molecule has 1 aliphatic rings. The van der Waals surface area contributed by atoms with E-state index in [1.807, 2.05) is 4.90 Å². The number of carbonyl (C=O) groups is 1. The number of rotatable bonds is 8. The van der Waals surface area contributed by atoms with Crippen molar-refractivity contribution in [3.05, 3.63) is 70.5 Å². The molecule has 0 aliphatic heterocycles. The molecule has 3 rings (SSSR count). The highest BCUT2D eigenvalue weighted by atomic mass is 19.4. The third kappa shape index (κ3) is 6.76. The van der Waals surface area contributed by atoms with Crippen molar-refractivity contribution in [2.75, 3.05) is 13.6 Å². The minimum absolute atomic E-state index is 0.0700. The van der Waals surface area contributed by atoms with Crippen molar-refractivity contribution in [2.45, 2.75) is 62.7 Å². The van der Waals surface area contributed by atoms with Crippen LogP contribution >= 0.6 is 0 Å². The third-order valence-electron chi connectivity index (χ3n) is 6.52. The van der Waals surface area contributed by atoms with E-state index in [1.54, 1.807) is 19.2 Å². The summed E-state index contributed by atoms with van der Waals surface area (Å²) in [7, 11) is 1.73. The summed E-state index contributed by atoms with van der Waals surface area (Å²) in [4.78, 5) is 12.9. The first-order chi connectivity index (χ1) is 16.7. The average molecular weight is 521 g/mol. The molecule has 2 aromatic carbocycles. The summed E-state index contributed by atoms with van der Waals surface area (Å²) in [5, 5.41) is 9.02. The van der Waals surface area contributed by atoms with Crippen LogP contribution in [0.5, 0.6) is 0 Å². The second-order valence-electron chi connectivity index (χ2n) is 9.00. The number of carboxylic acid groups (broad SMARTS) is 1. The van der Waals surface area contributed by atoms with Gasteiger partial charge in [0.25, 0.3) is 0 Å². The molecule has 4 unspecified atom stereocenters. The number of likely N-dealkylation sites (N-methyl/N-ethyl adjacent to an activating group) is 1. The van der Waals surface area contributed by atoms with E-state index >= 15 is 0 Å². The van der Waals surface area contributed by atoms with Crippen molar-refractivity contribution >= 4 is 5.97 Å². The molecule has 4 nitrogen and oxygen atoms in total. The second-order valence-corrected chi connectivity index (χ2v) is 9.00. The molecule has 1 fully saturated rings. The van der Waals surface area contributed by atoms with E-state index in [4.69, 9.17) is 9.84 Å². The molecule has 0 radical (unpaired) electrons. The van der Waals surface area contributed by atoms with Gasteiger partial charge in [-0.05, 0) is 68.3 Å². The Labute approximate surface area is 203 Å². The Morgan fingerprint density at radius 1 is 1.03 bits per heavy atom. The quantitative estimate of drug-likeness (QED) is 0.395. The zero-order chi connectivity index (χ0) is 26.8. The Kier molecular flexibility index (Phi) is 8.34. The van der Waals surface area contributed by atoms with Gasteiger partial charge in [-0.15, -0.1) is 0 Å². The van der Waals surface area contributed by atoms with Gasteiger partial charge in [0.2, 0.25) is 0 Å². The van der Waals surface area contributed by atoms with Crippen LogP contribution in [0.1, 0.15) is 60.5 Å². The molecule has 0 bridgehead atoms. The largest absolute Gasteiger partial charge is 0.481 e. The third-order valence-corrected chi connectivity index (χ3v) is 6.52. The van der Waals surface area contributed by atoms with Gasteiger partial charge < -0.3 is 14.7 Å². The Morgan fingerprint density at radius 3 is 2.08 bits per heavy atom. The second kappa shape index (κ2) is 10.8. The maximum absolute atomic E-state index is 13.5. The summed E-state index contributed by atoms with van der Waals surface area (Å²) < 4.78 is 99.4. The molecule has 1 N–H and O–H groups in total. The summed E-state index contributed by atoms with van der Waals surface area (Å²) in [5.74, 6) is -1.86. The number of carboxylic acids is 1. The average Bonchev–Trinajstić information content (AvgIpc) is 3.20. The molecule has 1 aliphatic carbocycles. The number of hydrogen-bond acceptors (Lipinski definition) is 3. The molecule has 36 heavy (non-hydrogen) atoms. The molecule has 0 aromatic heterocycles. The van der Waals surface area contributed by atoms with Gasteiger partial charge in [-0.3, -0.25) is 4.79 Å². The van der Waals surface area contributed by atoms with Crippen LogP contribution in [0, 0.1) is 5.82 Å². The monoisotopic (exact) mass is 521 g/mol. The van der Waals surface area contributed by atoms with Crippen LogP contribution < -0.4 is 0 Å². The minimum Gasteiger partial charge on any atom is -0.481 e. The Morgan fingerprint density at radius 2 is 1.58 bits per heavy atom. The highest BCUT2D eigenvalue weighted by Gasteiger charge is 2.42. The molecule has 0 saturated heterocycles. The van der Waals surface area contributed by atoms with Crippen LogP contribution in [-0.4, -0.2) is 41.7 Å². The van der Waals surface area contributed by atoms with E-state index in [0.29, 0.717) is 30.5 Å². The predicted octanol–water partition coefficient (Wildman–Crippen LogP) is 6.66. The van der Waals surface area contributed by atoms with E-state index in [9.17, 15) is 35.5 Å². The fourth-order valence-electron chi connectivity index (χ4n) is 4.70. The number of nitrogens with zero attached hydrogens (tertiary/aromatic N) is 1. The minimum atomic E-state index is -4.97. The number of alkyl halides is 6.